The van der Waals surface area contributed by atoms with Crippen molar-refractivity contribution in [3.63, 3.8) is 0 Å². The van der Waals surface area contributed by atoms with E-state index in [4.69, 9.17) is 0 Å². The fraction of sp³-hybridized carbons (Fsp3) is 0.455. The number of nitrogens with zero attached hydrogens (tertiary/aromatic N) is 2. The fourth-order valence-corrected chi connectivity index (χ4v) is 4.33. The molecule has 0 bridgehead atoms. The van der Waals surface area contributed by atoms with Gasteiger partial charge in [-0.15, -0.1) is 0 Å². The highest BCUT2D eigenvalue weighted by Crippen LogP contribution is 2.31. The molecule has 30 heavy (non-hydrogen) atoms. The van der Waals surface area contributed by atoms with Crippen molar-refractivity contribution in [1.82, 2.24) is 15.3 Å². The lowest BCUT2D eigenvalue weighted by Gasteiger charge is -2.36. The van der Waals surface area contributed by atoms with Crippen LogP contribution in [0.5, 0.6) is 0 Å². The van der Waals surface area contributed by atoms with E-state index in [0.29, 0.717) is 18.5 Å². The van der Waals surface area contributed by atoms with Crippen LogP contribution in [0.3, 0.4) is 0 Å². The molecule has 3 heterocycles. The number of aromatic amines is 1. The first-order valence-electron chi connectivity index (χ1n) is 10.6. The Morgan fingerprint density at radius 2 is 2.03 bits per heavy atom. The second-order valence-electron chi connectivity index (χ2n) is 7.91. The number of H-pyrrole nitrogens is 1. The first-order valence-corrected chi connectivity index (χ1v) is 10.6. The summed E-state index contributed by atoms with van der Waals surface area (Å²) in [5, 5.41) is 5.54. The number of hydrogen-bond donors (Lipinski definition) is 3. The van der Waals surface area contributed by atoms with Crippen LogP contribution in [0.1, 0.15) is 56.1 Å². The third kappa shape index (κ3) is 4.08. The summed E-state index contributed by atoms with van der Waals surface area (Å²) in [5.41, 5.74) is 0.814. The van der Waals surface area contributed by atoms with E-state index < -0.39 is 5.92 Å². The minimum absolute atomic E-state index is 0.0704. The highest BCUT2D eigenvalue weighted by molar-refractivity contribution is 6.00. The predicted molar refractivity (Wildman–Crippen MR) is 114 cm³/mol. The van der Waals surface area contributed by atoms with Crippen LogP contribution in [0.15, 0.2) is 35.1 Å². The van der Waals surface area contributed by atoms with Gasteiger partial charge in [-0.2, -0.15) is 4.98 Å². The van der Waals surface area contributed by atoms with Gasteiger partial charge in [0, 0.05) is 25.6 Å². The Hall–Kier alpha value is -3.16. The third-order valence-electron chi connectivity index (χ3n) is 5.94. The first kappa shape index (κ1) is 20.1. The summed E-state index contributed by atoms with van der Waals surface area (Å²) in [7, 11) is 0. The number of rotatable bonds is 5. The average molecular weight is 409 g/mol. The van der Waals surface area contributed by atoms with Crippen LogP contribution in [-0.4, -0.2) is 34.4 Å². The van der Waals surface area contributed by atoms with Gasteiger partial charge in [0.05, 0.1) is 11.5 Å². The molecule has 1 aromatic carbocycles. The molecule has 0 unspecified atom stereocenters. The van der Waals surface area contributed by atoms with Gasteiger partial charge in [-0.3, -0.25) is 19.4 Å². The summed E-state index contributed by atoms with van der Waals surface area (Å²) in [6.07, 6.45) is 4.13. The maximum Gasteiger partial charge on any atom is 0.258 e. The van der Waals surface area contributed by atoms with E-state index in [2.05, 4.69) is 32.4 Å². The Morgan fingerprint density at radius 1 is 1.23 bits per heavy atom. The molecule has 158 valence electrons. The van der Waals surface area contributed by atoms with Gasteiger partial charge in [-0.05, 0) is 31.2 Å². The highest BCUT2D eigenvalue weighted by atomic mass is 16.2. The van der Waals surface area contributed by atoms with Crippen LogP contribution in [-0.2, 0) is 16.1 Å². The number of anilines is 2. The second kappa shape index (κ2) is 8.69. The van der Waals surface area contributed by atoms with Crippen LogP contribution in [0.4, 0.5) is 11.8 Å². The first-order chi connectivity index (χ1) is 14.6. The van der Waals surface area contributed by atoms with E-state index in [0.717, 1.165) is 37.8 Å². The van der Waals surface area contributed by atoms with Crippen molar-refractivity contribution in [2.75, 3.05) is 16.8 Å². The molecule has 8 nitrogen and oxygen atoms in total. The number of amides is 2. The van der Waals surface area contributed by atoms with Crippen molar-refractivity contribution >= 4 is 23.6 Å². The minimum Gasteiger partial charge on any atom is -0.351 e. The van der Waals surface area contributed by atoms with Gasteiger partial charge in [-0.25, -0.2) is 0 Å². The fourth-order valence-electron chi connectivity index (χ4n) is 4.33. The number of piperidine rings is 1. The van der Waals surface area contributed by atoms with E-state index in [1.165, 1.54) is 0 Å². The van der Waals surface area contributed by atoms with Crippen LogP contribution in [0.2, 0.25) is 0 Å². The van der Waals surface area contributed by atoms with E-state index >= 15 is 0 Å². The molecule has 1 saturated heterocycles. The summed E-state index contributed by atoms with van der Waals surface area (Å²) in [4.78, 5) is 47.6. The Morgan fingerprint density at radius 3 is 2.80 bits per heavy atom. The van der Waals surface area contributed by atoms with Crippen molar-refractivity contribution in [2.45, 2.75) is 57.5 Å². The van der Waals surface area contributed by atoms with E-state index in [1.54, 1.807) is 0 Å². The number of carbonyl (C=O) groups is 2. The summed E-state index contributed by atoms with van der Waals surface area (Å²) >= 11 is 0. The number of carbonyl (C=O) groups excluding carboxylic acids is 2. The molecule has 0 spiro atoms. The third-order valence-corrected chi connectivity index (χ3v) is 5.94. The molecule has 1 fully saturated rings. The molecule has 2 aliphatic rings. The quantitative estimate of drug-likeness (QED) is 0.702. The van der Waals surface area contributed by atoms with Gasteiger partial charge in [-0.1, -0.05) is 37.3 Å². The molecule has 8 heteroatoms. The van der Waals surface area contributed by atoms with Crippen LogP contribution in [0, 0.1) is 0 Å². The van der Waals surface area contributed by atoms with E-state index in [-0.39, 0.29) is 35.2 Å². The number of fused-ring (bicyclic) bond motifs is 1. The standard InChI is InChI=1S/C22H27N5O3/c1-2-15-10-6-7-11-27(15)22-25-19-18(21(30)26-22)16(12-17(28)24-19)20(29)23-13-14-8-4-3-5-9-14/h3-5,8-9,15-16H,2,6-7,10-13H2,1H3,(H,23,29)(H2,24,25,26,28,30)/t15-,16-/m1/s1. The van der Waals surface area contributed by atoms with Gasteiger partial charge < -0.3 is 15.5 Å². The molecule has 0 saturated carbocycles. The molecular formula is C22H27N5O3. The van der Waals surface area contributed by atoms with Gasteiger partial charge >= 0.3 is 0 Å². The number of benzene rings is 1. The van der Waals surface area contributed by atoms with E-state index in [1.807, 2.05) is 30.3 Å². The second-order valence-corrected chi connectivity index (χ2v) is 7.91. The molecule has 0 radical (unpaired) electrons. The van der Waals surface area contributed by atoms with Crippen molar-refractivity contribution in [2.24, 2.45) is 0 Å². The summed E-state index contributed by atoms with van der Waals surface area (Å²) < 4.78 is 0. The van der Waals surface area contributed by atoms with Gasteiger partial charge in [0.25, 0.3) is 5.56 Å². The molecule has 2 aromatic rings. The lowest BCUT2D eigenvalue weighted by molar-refractivity contribution is -0.126. The van der Waals surface area contributed by atoms with E-state index in [9.17, 15) is 14.4 Å². The SMILES string of the molecule is CC[C@@H]1CCCCN1c1nc2c(c(=O)[nH]1)[C@H](C(=O)NCc1ccccc1)CC(=O)N2. The lowest BCUT2D eigenvalue weighted by atomic mass is 9.92. The molecule has 4 rings (SSSR count). The molecule has 0 aliphatic carbocycles. The topological polar surface area (TPSA) is 107 Å². The Bertz CT molecular complexity index is 988. The van der Waals surface area contributed by atoms with Crippen LogP contribution < -0.4 is 21.1 Å². The van der Waals surface area contributed by atoms with Crippen molar-refractivity contribution in [1.29, 1.82) is 0 Å². The smallest absolute Gasteiger partial charge is 0.258 e. The number of aromatic nitrogens is 2. The number of nitrogens with one attached hydrogen (secondary N) is 3. The van der Waals surface area contributed by atoms with Crippen molar-refractivity contribution in [3.8, 4) is 0 Å². The highest BCUT2D eigenvalue weighted by Gasteiger charge is 2.35. The predicted octanol–water partition coefficient (Wildman–Crippen LogP) is 2.28. The van der Waals surface area contributed by atoms with Gasteiger partial charge in [0.2, 0.25) is 17.8 Å². The normalized spacial score (nSPS) is 21.0. The van der Waals surface area contributed by atoms with Gasteiger partial charge in [0.1, 0.15) is 5.82 Å². The Labute approximate surface area is 175 Å². The van der Waals surface area contributed by atoms with Crippen LogP contribution >= 0.6 is 0 Å². The van der Waals surface area contributed by atoms with Gasteiger partial charge in [0.15, 0.2) is 0 Å². The average Bonchev–Trinajstić information content (AvgIpc) is 2.77. The maximum absolute atomic E-state index is 13.0. The molecule has 2 aliphatic heterocycles. The zero-order valence-electron chi connectivity index (χ0n) is 17.1. The molecule has 2 amide bonds. The minimum atomic E-state index is -0.855. The summed E-state index contributed by atoms with van der Waals surface area (Å²) in [5.74, 6) is -0.844. The lowest BCUT2D eigenvalue weighted by Crippen LogP contribution is -2.43. The zero-order valence-corrected chi connectivity index (χ0v) is 17.1. The largest absolute Gasteiger partial charge is 0.351 e. The van der Waals surface area contributed by atoms with Crippen molar-refractivity contribution < 1.29 is 9.59 Å². The monoisotopic (exact) mass is 409 g/mol. The molecule has 1 aromatic heterocycles. The Kier molecular flexibility index (Phi) is 5.83. The van der Waals surface area contributed by atoms with Crippen LogP contribution in [0.25, 0.3) is 0 Å². The van der Waals surface area contributed by atoms with Crippen molar-refractivity contribution in [3.05, 3.63) is 51.8 Å². The molecular weight excluding hydrogens is 382 g/mol. The summed E-state index contributed by atoms with van der Waals surface area (Å²) in [6, 6.07) is 9.82. The summed E-state index contributed by atoms with van der Waals surface area (Å²) in [6.45, 7) is 3.27. The molecule has 3 N–H and O–H groups in total. The number of hydrogen-bond acceptors (Lipinski definition) is 5. The Balaban J connectivity index is 1.60. The molecule has 2 atom stereocenters. The zero-order chi connectivity index (χ0) is 21.1. The maximum atomic E-state index is 13.0.